The molecule has 1 aliphatic heterocycles. The molecule has 1 N–H and O–H groups in total. The summed E-state index contributed by atoms with van der Waals surface area (Å²) in [6.07, 6.45) is 0. The SMILES string of the molecule is O=c1c2ccccc2[nH]c2nc(N3CCOCC3)sc12. The van der Waals surface area contributed by atoms with Gasteiger partial charge < -0.3 is 14.6 Å². The Morgan fingerprint density at radius 3 is 2.90 bits per heavy atom. The van der Waals surface area contributed by atoms with E-state index in [1.54, 1.807) is 0 Å². The van der Waals surface area contributed by atoms with E-state index in [0.717, 1.165) is 29.1 Å². The molecule has 0 aliphatic carbocycles. The van der Waals surface area contributed by atoms with E-state index >= 15 is 0 Å². The van der Waals surface area contributed by atoms with Crippen LogP contribution in [0.5, 0.6) is 0 Å². The molecule has 102 valence electrons. The van der Waals surface area contributed by atoms with Crippen molar-refractivity contribution in [3.8, 4) is 0 Å². The van der Waals surface area contributed by atoms with Gasteiger partial charge in [0.05, 0.1) is 18.7 Å². The molecular formula is C14H13N3O2S. The number of H-pyrrole nitrogens is 1. The van der Waals surface area contributed by atoms with Crippen LogP contribution in [0.1, 0.15) is 0 Å². The second kappa shape index (κ2) is 4.57. The van der Waals surface area contributed by atoms with Gasteiger partial charge in [-0.1, -0.05) is 23.5 Å². The van der Waals surface area contributed by atoms with Crippen molar-refractivity contribution in [3.05, 3.63) is 34.5 Å². The fraction of sp³-hybridized carbons (Fsp3) is 0.286. The highest BCUT2D eigenvalue weighted by Gasteiger charge is 2.17. The number of benzene rings is 1. The summed E-state index contributed by atoms with van der Waals surface area (Å²) in [5.41, 5.74) is 1.58. The van der Waals surface area contributed by atoms with E-state index in [9.17, 15) is 4.79 Å². The molecule has 0 bridgehead atoms. The molecule has 1 aromatic carbocycles. The van der Waals surface area contributed by atoms with Crippen LogP contribution in [0.3, 0.4) is 0 Å². The third-order valence-corrected chi connectivity index (χ3v) is 4.64. The average molecular weight is 287 g/mol. The Hall–Kier alpha value is -1.92. The molecule has 0 unspecified atom stereocenters. The Labute approximate surface area is 118 Å². The molecule has 6 heteroatoms. The summed E-state index contributed by atoms with van der Waals surface area (Å²) in [4.78, 5) is 22.5. The number of morpholine rings is 1. The number of nitrogens with one attached hydrogen (secondary N) is 1. The summed E-state index contributed by atoms with van der Waals surface area (Å²) in [5.74, 6) is 0. The maximum absolute atomic E-state index is 12.5. The van der Waals surface area contributed by atoms with Crippen molar-refractivity contribution >= 4 is 37.7 Å². The average Bonchev–Trinajstić information content (AvgIpc) is 2.93. The van der Waals surface area contributed by atoms with Crippen molar-refractivity contribution < 1.29 is 4.74 Å². The highest BCUT2D eigenvalue weighted by atomic mass is 32.1. The first-order valence-corrected chi connectivity index (χ1v) is 7.39. The van der Waals surface area contributed by atoms with Gasteiger partial charge in [0.15, 0.2) is 10.8 Å². The number of nitrogens with zero attached hydrogens (tertiary/aromatic N) is 2. The number of thiazole rings is 1. The van der Waals surface area contributed by atoms with Gasteiger partial charge in [-0.05, 0) is 12.1 Å². The van der Waals surface area contributed by atoms with E-state index in [1.165, 1.54) is 11.3 Å². The highest BCUT2D eigenvalue weighted by Crippen LogP contribution is 2.27. The summed E-state index contributed by atoms with van der Waals surface area (Å²) >= 11 is 1.46. The van der Waals surface area contributed by atoms with Gasteiger partial charge in [-0.2, -0.15) is 0 Å². The van der Waals surface area contributed by atoms with Crippen LogP contribution in [0.2, 0.25) is 0 Å². The van der Waals surface area contributed by atoms with Crippen molar-refractivity contribution in [2.24, 2.45) is 0 Å². The zero-order chi connectivity index (χ0) is 13.5. The lowest BCUT2D eigenvalue weighted by molar-refractivity contribution is 0.122. The Morgan fingerprint density at radius 2 is 2.05 bits per heavy atom. The third-order valence-electron chi connectivity index (χ3n) is 3.53. The molecule has 5 nitrogen and oxygen atoms in total. The van der Waals surface area contributed by atoms with Crippen LogP contribution in [0.4, 0.5) is 5.13 Å². The van der Waals surface area contributed by atoms with Gasteiger partial charge in [0.25, 0.3) is 0 Å². The molecule has 3 aromatic rings. The molecule has 20 heavy (non-hydrogen) atoms. The van der Waals surface area contributed by atoms with E-state index in [0.29, 0.717) is 23.6 Å². The van der Waals surface area contributed by atoms with Crippen molar-refractivity contribution in [3.63, 3.8) is 0 Å². The summed E-state index contributed by atoms with van der Waals surface area (Å²) in [5, 5.41) is 1.61. The number of pyridine rings is 1. The Kier molecular flexibility index (Phi) is 2.71. The lowest BCUT2D eigenvalue weighted by Crippen LogP contribution is -2.36. The number of para-hydroxylation sites is 1. The monoisotopic (exact) mass is 287 g/mol. The van der Waals surface area contributed by atoms with Crippen molar-refractivity contribution in [1.29, 1.82) is 0 Å². The first-order valence-electron chi connectivity index (χ1n) is 6.57. The van der Waals surface area contributed by atoms with E-state index in [-0.39, 0.29) is 5.43 Å². The molecule has 1 aliphatic rings. The number of rotatable bonds is 1. The minimum atomic E-state index is 0.0614. The lowest BCUT2D eigenvalue weighted by Gasteiger charge is -2.25. The van der Waals surface area contributed by atoms with Gasteiger partial charge in [-0.25, -0.2) is 4.98 Å². The molecule has 0 spiro atoms. The minimum Gasteiger partial charge on any atom is -0.378 e. The van der Waals surface area contributed by atoms with Gasteiger partial charge in [-0.3, -0.25) is 4.79 Å². The van der Waals surface area contributed by atoms with Crippen LogP contribution in [0, 0.1) is 0 Å². The molecule has 0 radical (unpaired) electrons. The quantitative estimate of drug-likeness (QED) is 0.743. The normalized spacial score (nSPS) is 16.1. The molecular weight excluding hydrogens is 274 g/mol. The first kappa shape index (κ1) is 11.9. The molecule has 4 rings (SSSR count). The van der Waals surface area contributed by atoms with Gasteiger partial charge >= 0.3 is 0 Å². The second-order valence-electron chi connectivity index (χ2n) is 4.77. The van der Waals surface area contributed by atoms with Gasteiger partial charge in [-0.15, -0.1) is 0 Å². The zero-order valence-electron chi connectivity index (χ0n) is 10.8. The van der Waals surface area contributed by atoms with Crippen molar-refractivity contribution in [2.45, 2.75) is 0 Å². The Balaban J connectivity index is 1.92. The van der Waals surface area contributed by atoms with E-state index in [2.05, 4.69) is 14.9 Å². The fourth-order valence-electron chi connectivity index (χ4n) is 2.48. The van der Waals surface area contributed by atoms with Gasteiger partial charge in [0.2, 0.25) is 5.43 Å². The molecule has 0 saturated carbocycles. The first-order chi connectivity index (χ1) is 9.83. The number of fused-ring (bicyclic) bond motifs is 2. The summed E-state index contributed by atoms with van der Waals surface area (Å²) < 4.78 is 6.05. The molecule has 1 fully saturated rings. The summed E-state index contributed by atoms with van der Waals surface area (Å²) in [7, 11) is 0. The molecule has 1 saturated heterocycles. The number of aromatic amines is 1. The van der Waals surface area contributed by atoms with Crippen LogP contribution in [0.15, 0.2) is 29.1 Å². The fourth-order valence-corrected chi connectivity index (χ4v) is 3.50. The topological polar surface area (TPSA) is 58.2 Å². The third kappa shape index (κ3) is 1.80. The summed E-state index contributed by atoms with van der Waals surface area (Å²) in [6, 6.07) is 7.55. The number of hydrogen-bond donors (Lipinski definition) is 1. The second-order valence-corrected chi connectivity index (χ2v) is 5.75. The number of hydrogen-bond acceptors (Lipinski definition) is 5. The largest absolute Gasteiger partial charge is 0.378 e. The maximum Gasteiger partial charge on any atom is 0.208 e. The predicted octanol–water partition coefficient (Wildman–Crippen LogP) is 1.97. The smallest absolute Gasteiger partial charge is 0.208 e. The van der Waals surface area contributed by atoms with Crippen LogP contribution >= 0.6 is 11.3 Å². The molecule has 0 amide bonds. The van der Waals surface area contributed by atoms with Crippen LogP contribution in [-0.4, -0.2) is 36.3 Å². The Morgan fingerprint density at radius 1 is 1.25 bits per heavy atom. The zero-order valence-corrected chi connectivity index (χ0v) is 11.6. The van der Waals surface area contributed by atoms with E-state index < -0.39 is 0 Å². The van der Waals surface area contributed by atoms with E-state index in [1.807, 2.05) is 24.3 Å². The molecule has 3 heterocycles. The molecule has 0 atom stereocenters. The van der Waals surface area contributed by atoms with Crippen LogP contribution < -0.4 is 10.3 Å². The lowest BCUT2D eigenvalue weighted by atomic mass is 10.2. The number of aromatic nitrogens is 2. The van der Waals surface area contributed by atoms with Crippen molar-refractivity contribution in [2.75, 3.05) is 31.2 Å². The maximum atomic E-state index is 12.5. The standard InChI is InChI=1S/C14H13N3O2S/c18-11-9-3-1-2-4-10(9)15-13-12(11)20-14(16-13)17-5-7-19-8-6-17/h1-4H,5-8H2,(H,15,18). The number of ether oxygens (including phenoxy) is 1. The summed E-state index contributed by atoms with van der Waals surface area (Å²) in [6.45, 7) is 3.08. The van der Waals surface area contributed by atoms with Crippen LogP contribution in [0.25, 0.3) is 21.3 Å². The van der Waals surface area contributed by atoms with Crippen LogP contribution in [-0.2, 0) is 4.74 Å². The number of anilines is 1. The van der Waals surface area contributed by atoms with Gasteiger partial charge in [0.1, 0.15) is 4.70 Å². The van der Waals surface area contributed by atoms with E-state index in [4.69, 9.17) is 4.74 Å². The Bertz CT molecular complexity index is 833. The molecule has 2 aromatic heterocycles. The van der Waals surface area contributed by atoms with Gasteiger partial charge in [0, 0.05) is 18.5 Å². The highest BCUT2D eigenvalue weighted by molar-refractivity contribution is 7.22. The van der Waals surface area contributed by atoms with Crippen molar-refractivity contribution in [1.82, 2.24) is 9.97 Å². The minimum absolute atomic E-state index is 0.0614. The predicted molar refractivity (Wildman–Crippen MR) is 80.8 cm³/mol.